The van der Waals surface area contributed by atoms with Gasteiger partial charge in [0.05, 0.1) is 5.56 Å². The van der Waals surface area contributed by atoms with Crippen LogP contribution in [0.5, 0.6) is 0 Å². The van der Waals surface area contributed by atoms with Crippen molar-refractivity contribution in [2.24, 2.45) is 5.92 Å². The van der Waals surface area contributed by atoms with Gasteiger partial charge in [0.1, 0.15) is 0 Å². The molecule has 1 heterocycles. The molecule has 0 bridgehead atoms. The van der Waals surface area contributed by atoms with Crippen molar-refractivity contribution in [1.29, 1.82) is 0 Å². The van der Waals surface area contributed by atoms with Crippen molar-refractivity contribution in [3.8, 4) is 0 Å². The predicted octanol–water partition coefficient (Wildman–Crippen LogP) is 1.17. The van der Waals surface area contributed by atoms with Crippen LogP contribution in [0.25, 0.3) is 0 Å². The molecule has 0 aliphatic carbocycles. The Labute approximate surface area is 112 Å². The van der Waals surface area contributed by atoms with Crippen molar-refractivity contribution < 1.29 is 15.0 Å². The lowest BCUT2D eigenvalue weighted by Gasteiger charge is -2.18. The van der Waals surface area contributed by atoms with E-state index >= 15 is 0 Å². The molecule has 1 aromatic rings. The number of aliphatic hydroxyl groups is 1. The molecule has 1 unspecified atom stereocenters. The minimum absolute atomic E-state index is 0.216. The molecule has 0 amide bonds. The SMILES string of the molecule is Nc1cccc(CN2CCC(CCO)C2)c1C(=O)O. The number of nitrogens with zero attached hydrogens (tertiary/aromatic N) is 1. The normalized spacial score (nSPS) is 19.7. The van der Waals surface area contributed by atoms with Crippen molar-refractivity contribution in [1.82, 2.24) is 4.90 Å². The summed E-state index contributed by atoms with van der Waals surface area (Å²) in [5.74, 6) is -0.460. The number of rotatable bonds is 5. The van der Waals surface area contributed by atoms with Crippen molar-refractivity contribution in [2.45, 2.75) is 19.4 Å². The van der Waals surface area contributed by atoms with E-state index < -0.39 is 5.97 Å². The van der Waals surface area contributed by atoms with E-state index in [1.165, 1.54) is 0 Å². The first kappa shape index (κ1) is 13.8. The van der Waals surface area contributed by atoms with Crippen LogP contribution in [0.2, 0.25) is 0 Å². The summed E-state index contributed by atoms with van der Waals surface area (Å²) < 4.78 is 0. The highest BCUT2D eigenvalue weighted by molar-refractivity contribution is 5.95. The number of carboxylic acids is 1. The summed E-state index contributed by atoms with van der Waals surface area (Å²) in [6.45, 7) is 2.68. The highest BCUT2D eigenvalue weighted by Crippen LogP contribution is 2.24. The number of nitrogen functional groups attached to an aromatic ring is 1. The number of benzene rings is 1. The van der Waals surface area contributed by atoms with E-state index in [2.05, 4.69) is 4.90 Å². The van der Waals surface area contributed by atoms with Gasteiger partial charge in [0, 0.05) is 25.4 Å². The van der Waals surface area contributed by atoms with Gasteiger partial charge >= 0.3 is 5.97 Å². The molecule has 2 rings (SSSR count). The van der Waals surface area contributed by atoms with E-state index in [4.69, 9.17) is 10.8 Å². The minimum Gasteiger partial charge on any atom is -0.478 e. The van der Waals surface area contributed by atoms with Crippen molar-refractivity contribution in [2.75, 3.05) is 25.4 Å². The summed E-state index contributed by atoms with van der Waals surface area (Å²) in [5.41, 5.74) is 7.03. The molecule has 104 valence electrons. The standard InChI is InChI=1S/C14H20N2O3/c15-12-3-1-2-11(13(12)14(18)19)9-16-6-4-10(8-16)5-7-17/h1-3,10,17H,4-9,15H2,(H,18,19). The number of aliphatic hydroxyl groups excluding tert-OH is 1. The van der Waals surface area contributed by atoms with E-state index in [1.54, 1.807) is 12.1 Å². The summed E-state index contributed by atoms with van der Waals surface area (Å²) in [4.78, 5) is 13.5. The van der Waals surface area contributed by atoms with Gasteiger partial charge in [0.15, 0.2) is 0 Å². The lowest BCUT2D eigenvalue weighted by atomic mass is 10.0. The van der Waals surface area contributed by atoms with E-state index in [0.717, 1.165) is 31.5 Å². The molecule has 1 aliphatic rings. The zero-order valence-electron chi connectivity index (χ0n) is 10.9. The molecule has 5 heteroatoms. The van der Waals surface area contributed by atoms with Crippen molar-refractivity contribution in [3.05, 3.63) is 29.3 Å². The first-order valence-electron chi connectivity index (χ1n) is 6.55. The lowest BCUT2D eigenvalue weighted by molar-refractivity contribution is 0.0696. The molecule has 5 nitrogen and oxygen atoms in total. The maximum atomic E-state index is 11.3. The first-order valence-corrected chi connectivity index (χ1v) is 6.55. The van der Waals surface area contributed by atoms with E-state index in [1.807, 2.05) is 6.07 Å². The second-order valence-electron chi connectivity index (χ2n) is 5.09. The van der Waals surface area contributed by atoms with Crippen LogP contribution < -0.4 is 5.73 Å². The number of hydrogen-bond acceptors (Lipinski definition) is 4. The number of carbonyl (C=O) groups is 1. The van der Waals surface area contributed by atoms with Crippen molar-refractivity contribution >= 4 is 11.7 Å². The van der Waals surface area contributed by atoms with Gasteiger partial charge in [-0.1, -0.05) is 12.1 Å². The molecule has 0 aromatic heterocycles. The van der Waals surface area contributed by atoms with Crippen LogP contribution in [0.15, 0.2) is 18.2 Å². The molecule has 1 atom stereocenters. The molecule has 4 N–H and O–H groups in total. The highest BCUT2D eigenvalue weighted by Gasteiger charge is 2.23. The molecule has 1 fully saturated rings. The molecule has 1 aromatic carbocycles. The van der Waals surface area contributed by atoms with E-state index in [9.17, 15) is 9.90 Å². The zero-order chi connectivity index (χ0) is 13.8. The maximum Gasteiger partial charge on any atom is 0.338 e. The Morgan fingerprint density at radius 3 is 2.95 bits per heavy atom. The first-order chi connectivity index (χ1) is 9.11. The average Bonchev–Trinajstić information content (AvgIpc) is 2.76. The van der Waals surface area contributed by atoms with Crippen LogP contribution in [0, 0.1) is 5.92 Å². The van der Waals surface area contributed by atoms with Gasteiger partial charge in [-0.2, -0.15) is 0 Å². The monoisotopic (exact) mass is 264 g/mol. The summed E-state index contributed by atoms with van der Waals surface area (Å²) in [6, 6.07) is 5.23. The number of anilines is 1. The Hall–Kier alpha value is -1.59. The van der Waals surface area contributed by atoms with Crippen LogP contribution >= 0.6 is 0 Å². The van der Waals surface area contributed by atoms with Crippen molar-refractivity contribution in [3.63, 3.8) is 0 Å². The molecule has 0 saturated carbocycles. The number of carboxylic acid groups (broad SMARTS) is 1. The van der Waals surface area contributed by atoms with Crippen LogP contribution in [-0.4, -0.2) is 40.8 Å². The van der Waals surface area contributed by atoms with E-state index in [0.29, 0.717) is 18.2 Å². The van der Waals surface area contributed by atoms with Crippen LogP contribution in [0.3, 0.4) is 0 Å². The van der Waals surface area contributed by atoms with Gasteiger partial charge in [-0.05, 0) is 36.9 Å². The third kappa shape index (κ3) is 3.24. The fraction of sp³-hybridized carbons (Fsp3) is 0.500. The zero-order valence-corrected chi connectivity index (χ0v) is 10.9. The Bertz CT molecular complexity index is 462. The second kappa shape index (κ2) is 6.04. The lowest BCUT2D eigenvalue weighted by Crippen LogP contribution is -2.22. The number of nitrogens with two attached hydrogens (primary N) is 1. The molecule has 1 aliphatic heterocycles. The van der Waals surface area contributed by atoms with Crippen LogP contribution in [-0.2, 0) is 6.54 Å². The molecule has 0 spiro atoms. The highest BCUT2D eigenvalue weighted by atomic mass is 16.4. The quantitative estimate of drug-likeness (QED) is 0.695. The fourth-order valence-electron chi connectivity index (χ4n) is 2.73. The molecule has 0 radical (unpaired) electrons. The van der Waals surface area contributed by atoms with Crippen LogP contribution in [0.4, 0.5) is 5.69 Å². The predicted molar refractivity (Wildman–Crippen MR) is 72.9 cm³/mol. The average molecular weight is 264 g/mol. The van der Waals surface area contributed by atoms with Gasteiger partial charge in [0.25, 0.3) is 0 Å². The van der Waals surface area contributed by atoms with Gasteiger partial charge in [-0.15, -0.1) is 0 Å². The van der Waals surface area contributed by atoms with E-state index in [-0.39, 0.29) is 12.2 Å². The Morgan fingerprint density at radius 2 is 2.26 bits per heavy atom. The Balaban J connectivity index is 2.08. The third-order valence-electron chi connectivity index (χ3n) is 3.70. The Morgan fingerprint density at radius 1 is 1.47 bits per heavy atom. The fourth-order valence-corrected chi connectivity index (χ4v) is 2.73. The molecular formula is C14H20N2O3. The molecule has 1 saturated heterocycles. The topological polar surface area (TPSA) is 86.8 Å². The largest absolute Gasteiger partial charge is 0.478 e. The third-order valence-corrected chi connectivity index (χ3v) is 3.70. The summed E-state index contributed by atoms with van der Waals surface area (Å²) >= 11 is 0. The summed E-state index contributed by atoms with van der Waals surface area (Å²) in [6.07, 6.45) is 1.88. The summed E-state index contributed by atoms with van der Waals surface area (Å²) in [5, 5.41) is 18.2. The van der Waals surface area contributed by atoms with Gasteiger partial charge < -0.3 is 15.9 Å². The van der Waals surface area contributed by atoms with Gasteiger partial charge in [-0.3, -0.25) is 4.90 Å². The molecular weight excluding hydrogens is 244 g/mol. The molecule has 19 heavy (non-hydrogen) atoms. The number of aromatic carboxylic acids is 1. The van der Waals surface area contributed by atoms with Gasteiger partial charge in [0.2, 0.25) is 0 Å². The smallest absolute Gasteiger partial charge is 0.338 e. The maximum absolute atomic E-state index is 11.3. The van der Waals surface area contributed by atoms with Gasteiger partial charge in [-0.25, -0.2) is 4.79 Å². The Kier molecular flexibility index (Phi) is 4.39. The minimum atomic E-state index is -0.973. The second-order valence-corrected chi connectivity index (χ2v) is 5.09. The van der Waals surface area contributed by atoms with Crippen LogP contribution in [0.1, 0.15) is 28.8 Å². The number of likely N-dealkylation sites (tertiary alicyclic amines) is 1. The number of hydrogen-bond donors (Lipinski definition) is 3. The summed E-state index contributed by atoms with van der Waals surface area (Å²) in [7, 11) is 0.